The SMILES string of the molecule is C[C@@H]1CC([C@H](c2ccc(F)cc2)[C@H](N)C(=O)Nc2cccc(F)c2CC[C@H]2CN[C@@H]3CCCS(O)(O)N2C3)C[C@@H](C)O1. The Hall–Kier alpha value is -2.12. The highest BCUT2D eigenvalue weighted by molar-refractivity contribution is 8.22. The van der Waals surface area contributed by atoms with Gasteiger partial charge in [0, 0.05) is 42.3 Å². The number of rotatable bonds is 8. The van der Waals surface area contributed by atoms with Gasteiger partial charge in [-0.25, -0.2) is 13.1 Å². The quantitative estimate of drug-likeness (QED) is 0.278. The minimum Gasteiger partial charge on any atom is -0.376 e. The molecule has 3 heterocycles. The Morgan fingerprint density at radius 1 is 1.17 bits per heavy atom. The molecule has 1 unspecified atom stereocenters. The molecule has 3 aliphatic heterocycles. The van der Waals surface area contributed by atoms with E-state index in [4.69, 9.17) is 10.5 Å². The van der Waals surface area contributed by atoms with Crippen LogP contribution < -0.4 is 16.4 Å². The van der Waals surface area contributed by atoms with Crippen LogP contribution in [0.25, 0.3) is 0 Å². The molecular formula is C31H44F2N4O4S. The Bertz CT molecular complexity index is 1230. The molecule has 0 radical (unpaired) electrons. The fraction of sp³-hybridized carbons (Fsp3) is 0.581. The van der Waals surface area contributed by atoms with Gasteiger partial charge in [0.15, 0.2) is 0 Å². The van der Waals surface area contributed by atoms with Crippen molar-refractivity contribution < 1.29 is 27.4 Å². The van der Waals surface area contributed by atoms with Gasteiger partial charge in [0.25, 0.3) is 0 Å². The predicted molar refractivity (Wildman–Crippen MR) is 162 cm³/mol. The number of fused-ring (bicyclic) bond motifs is 2. The highest BCUT2D eigenvalue weighted by atomic mass is 32.3. The first kappa shape index (κ1) is 31.3. The standard InChI is InChI=1S/C31H44F2N4O4S/c1-19-15-22(16-20(2)41-19)29(21-8-10-23(32)11-9-21)30(34)31(38)36-28-7-3-6-27(33)26(28)13-12-25-17-35-24-5-4-14-42(39,40)37(25)18-24/h3,6-11,19-20,22,24-25,29-30,35,39-40H,4-5,12-18,34H2,1-2H3,(H,36,38)/t19-,20-,24-,25+,29+,30+/m1/s1. The number of carbonyl (C=O) groups excluding carboxylic acids is 1. The van der Waals surface area contributed by atoms with Gasteiger partial charge in [-0.3, -0.25) is 13.9 Å². The first-order valence-corrected chi connectivity index (χ1v) is 16.7. The zero-order valence-electron chi connectivity index (χ0n) is 24.3. The first-order chi connectivity index (χ1) is 20.0. The summed E-state index contributed by atoms with van der Waals surface area (Å²) < 4.78 is 58.3. The Balaban J connectivity index is 1.33. The predicted octanol–water partition coefficient (Wildman–Crippen LogP) is 5.25. The lowest BCUT2D eigenvalue weighted by Gasteiger charge is -2.49. The van der Waals surface area contributed by atoms with Crippen molar-refractivity contribution in [2.24, 2.45) is 11.7 Å². The van der Waals surface area contributed by atoms with E-state index < -0.39 is 28.5 Å². The second-order valence-corrected chi connectivity index (χ2v) is 14.4. The third-order valence-corrected chi connectivity index (χ3v) is 11.1. The summed E-state index contributed by atoms with van der Waals surface area (Å²) in [7, 11) is -2.87. The number of nitrogens with zero attached hydrogens (tertiary/aromatic N) is 1. The van der Waals surface area contributed by atoms with Crippen molar-refractivity contribution in [1.82, 2.24) is 9.62 Å². The van der Waals surface area contributed by atoms with E-state index >= 15 is 4.39 Å². The summed E-state index contributed by atoms with van der Waals surface area (Å²) in [6.45, 7) is 5.14. The van der Waals surface area contributed by atoms with Gasteiger partial charge in [-0.15, -0.1) is 10.8 Å². The van der Waals surface area contributed by atoms with E-state index in [1.54, 1.807) is 28.6 Å². The monoisotopic (exact) mass is 606 g/mol. The lowest BCUT2D eigenvalue weighted by atomic mass is 9.74. The largest absolute Gasteiger partial charge is 0.376 e. The van der Waals surface area contributed by atoms with Crippen molar-refractivity contribution in [2.75, 3.05) is 24.2 Å². The molecule has 5 rings (SSSR count). The number of anilines is 1. The summed E-state index contributed by atoms with van der Waals surface area (Å²) in [5.74, 6) is -1.23. The zero-order chi connectivity index (χ0) is 30.0. The van der Waals surface area contributed by atoms with E-state index in [1.165, 1.54) is 18.2 Å². The van der Waals surface area contributed by atoms with Gasteiger partial charge in [-0.05, 0) is 88.1 Å². The molecule has 3 saturated heterocycles. The third kappa shape index (κ3) is 7.15. The van der Waals surface area contributed by atoms with Gasteiger partial charge in [-0.2, -0.15) is 0 Å². The fourth-order valence-corrected chi connectivity index (χ4v) is 8.97. The smallest absolute Gasteiger partial charge is 0.241 e. The van der Waals surface area contributed by atoms with E-state index in [0.717, 1.165) is 18.4 Å². The maximum Gasteiger partial charge on any atom is 0.241 e. The van der Waals surface area contributed by atoms with Gasteiger partial charge < -0.3 is 21.1 Å². The summed E-state index contributed by atoms with van der Waals surface area (Å²) in [6, 6.07) is 9.80. The van der Waals surface area contributed by atoms with E-state index in [9.17, 15) is 18.3 Å². The summed E-state index contributed by atoms with van der Waals surface area (Å²) in [4.78, 5) is 13.7. The molecule has 3 fully saturated rings. The summed E-state index contributed by atoms with van der Waals surface area (Å²) in [5, 5.41) is 6.40. The molecule has 3 aliphatic rings. The summed E-state index contributed by atoms with van der Waals surface area (Å²) in [6.07, 6.45) is 3.86. The lowest BCUT2D eigenvalue weighted by Crippen LogP contribution is -2.55. The number of halogens is 2. The molecule has 0 spiro atoms. The van der Waals surface area contributed by atoms with E-state index in [0.29, 0.717) is 55.8 Å². The molecule has 2 bridgehead atoms. The van der Waals surface area contributed by atoms with Crippen LogP contribution in [0.15, 0.2) is 42.5 Å². The zero-order valence-corrected chi connectivity index (χ0v) is 25.2. The van der Waals surface area contributed by atoms with Gasteiger partial charge in [0.1, 0.15) is 11.6 Å². The molecule has 0 saturated carbocycles. The Morgan fingerprint density at radius 3 is 2.60 bits per heavy atom. The van der Waals surface area contributed by atoms with Crippen LogP contribution in [0.5, 0.6) is 0 Å². The number of hydrogen-bond donors (Lipinski definition) is 5. The van der Waals surface area contributed by atoms with Crippen molar-refractivity contribution in [3.63, 3.8) is 0 Å². The lowest BCUT2D eigenvalue weighted by molar-refractivity contribution is -0.119. The van der Waals surface area contributed by atoms with Crippen LogP contribution in [-0.4, -0.2) is 68.5 Å². The molecule has 42 heavy (non-hydrogen) atoms. The van der Waals surface area contributed by atoms with Gasteiger partial charge in [0.2, 0.25) is 5.91 Å². The second-order valence-electron chi connectivity index (χ2n) is 12.2. The minimum atomic E-state index is -2.87. The van der Waals surface area contributed by atoms with Crippen LogP contribution in [0.1, 0.15) is 63.0 Å². The molecule has 2 aromatic carbocycles. The topological polar surface area (TPSA) is 120 Å². The Kier molecular flexibility index (Phi) is 9.88. The highest BCUT2D eigenvalue weighted by Gasteiger charge is 2.39. The van der Waals surface area contributed by atoms with Gasteiger partial charge >= 0.3 is 0 Å². The maximum atomic E-state index is 15.2. The van der Waals surface area contributed by atoms with Crippen LogP contribution in [0.3, 0.4) is 0 Å². The number of nitrogens with one attached hydrogen (secondary N) is 2. The number of carbonyl (C=O) groups is 1. The molecule has 1 amide bonds. The van der Waals surface area contributed by atoms with Crippen LogP contribution in [0.2, 0.25) is 0 Å². The molecule has 0 aromatic heterocycles. The molecule has 232 valence electrons. The van der Waals surface area contributed by atoms with Gasteiger partial charge in [-0.1, -0.05) is 18.2 Å². The number of ether oxygens (including phenoxy) is 1. The summed E-state index contributed by atoms with van der Waals surface area (Å²) >= 11 is 0. The normalized spacial score (nSPS) is 31.4. The molecule has 8 nitrogen and oxygen atoms in total. The highest BCUT2D eigenvalue weighted by Crippen LogP contribution is 2.49. The van der Waals surface area contributed by atoms with E-state index in [-0.39, 0.29) is 41.9 Å². The van der Waals surface area contributed by atoms with Crippen molar-refractivity contribution in [2.45, 2.75) is 88.6 Å². The van der Waals surface area contributed by atoms with Crippen LogP contribution in [0, 0.1) is 17.6 Å². The van der Waals surface area contributed by atoms with E-state index in [1.807, 2.05) is 13.8 Å². The number of piperazine rings is 1. The molecule has 6 N–H and O–H groups in total. The van der Waals surface area contributed by atoms with Crippen LogP contribution >= 0.6 is 10.8 Å². The van der Waals surface area contributed by atoms with Crippen LogP contribution in [-0.2, 0) is 16.0 Å². The van der Waals surface area contributed by atoms with Crippen molar-refractivity contribution in [1.29, 1.82) is 0 Å². The third-order valence-electron chi connectivity index (χ3n) is 9.09. The Labute approximate surface area is 248 Å². The maximum absolute atomic E-state index is 15.2. The number of benzene rings is 2. The number of nitrogens with two attached hydrogens (primary N) is 1. The number of hydrogen-bond acceptors (Lipinski definition) is 7. The average Bonchev–Trinajstić information content (AvgIpc) is 3.05. The summed E-state index contributed by atoms with van der Waals surface area (Å²) in [5.41, 5.74) is 8.17. The molecule has 0 aliphatic carbocycles. The van der Waals surface area contributed by atoms with Crippen molar-refractivity contribution in [3.05, 3.63) is 65.2 Å². The van der Waals surface area contributed by atoms with Crippen molar-refractivity contribution in [3.8, 4) is 0 Å². The second kappa shape index (κ2) is 13.3. The molecular weight excluding hydrogens is 562 g/mol. The molecule has 7 atom stereocenters. The van der Waals surface area contributed by atoms with Crippen molar-refractivity contribution >= 4 is 22.4 Å². The van der Waals surface area contributed by atoms with E-state index in [2.05, 4.69) is 10.6 Å². The number of amides is 1. The molecule has 2 aromatic rings. The fourth-order valence-electron chi connectivity index (χ4n) is 7.10. The van der Waals surface area contributed by atoms with Gasteiger partial charge in [0.05, 0.1) is 24.0 Å². The minimum absolute atomic E-state index is 0.000970. The first-order valence-electron chi connectivity index (χ1n) is 15.0. The Morgan fingerprint density at radius 2 is 1.88 bits per heavy atom. The van der Waals surface area contributed by atoms with Crippen LogP contribution in [0.4, 0.5) is 14.5 Å². The molecule has 11 heteroatoms. The average molecular weight is 607 g/mol.